The van der Waals surface area contributed by atoms with Crippen molar-refractivity contribution in [3.63, 3.8) is 0 Å². The molecule has 0 radical (unpaired) electrons. The van der Waals surface area contributed by atoms with Crippen LogP contribution in [0.4, 0.5) is 0 Å². The average molecular weight is 243 g/mol. The van der Waals surface area contributed by atoms with Crippen molar-refractivity contribution in [2.24, 2.45) is 5.90 Å². The number of carbonyl (C=O) groups is 1. The second-order valence-corrected chi connectivity index (χ2v) is 4.31. The Labute approximate surface area is 100 Å². The summed E-state index contributed by atoms with van der Waals surface area (Å²) in [5, 5.41) is 0. The molecule has 0 rings (SSSR count). The van der Waals surface area contributed by atoms with E-state index in [0.717, 1.165) is 5.75 Å². The molecule has 0 aromatic rings. The molecule has 90 valence electrons. The molecule has 16 heavy (non-hydrogen) atoms. The van der Waals surface area contributed by atoms with Crippen LogP contribution in [0.2, 0.25) is 0 Å². The van der Waals surface area contributed by atoms with Gasteiger partial charge < -0.3 is 9.57 Å². The Morgan fingerprint density at radius 2 is 2.00 bits per heavy atom. The minimum absolute atomic E-state index is 0.214. The summed E-state index contributed by atoms with van der Waals surface area (Å²) in [6, 6.07) is 0. The number of hydrogen-bond acceptors (Lipinski definition) is 5. The van der Waals surface area contributed by atoms with Crippen LogP contribution in [0.3, 0.4) is 0 Å². The Hall–Kier alpha value is -1.20. The van der Waals surface area contributed by atoms with Crippen LogP contribution in [0, 0.1) is 0 Å². The Bertz CT molecular complexity index is 334. The van der Waals surface area contributed by atoms with Gasteiger partial charge in [-0.2, -0.15) is 5.90 Å². The highest BCUT2D eigenvalue weighted by molar-refractivity contribution is 8.03. The quantitative estimate of drug-likeness (QED) is 0.255. The summed E-state index contributed by atoms with van der Waals surface area (Å²) in [5.74, 6) is 5.63. The highest BCUT2D eigenvalue weighted by atomic mass is 32.2. The minimum Gasteiger partial charge on any atom is -0.465 e. The number of carbonyl (C=O) groups excluding carboxylic acids is 1. The lowest BCUT2D eigenvalue weighted by atomic mass is 10.1. The molecular weight excluding hydrogens is 226 g/mol. The summed E-state index contributed by atoms with van der Waals surface area (Å²) in [6.45, 7) is 11.1. The molecule has 0 heterocycles. The summed E-state index contributed by atoms with van der Waals surface area (Å²) >= 11 is 1.43. The zero-order valence-corrected chi connectivity index (χ0v) is 10.6. The summed E-state index contributed by atoms with van der Waals surface area (Å²) in [4.78, 5) is 16.8. The summed E-state index contributed by atoms with van der Waals surface area (Å²) in [7, 11) is 1.29. The fraction of sp³-hybridized carbons (Fsp3) is 0.364. The number of rotatable bonds is 6. The van der Waals surface area contributed by atoms with Gasteiger partial charge in [0.05, 0.1) is 7.11 Å². The molecule has 5 heteroatoms. The molecule has 0 amide bonds. The fourth-order valence-corrected chi connectivity index (χ4v) is 1.70. The monoisotopic (exact) mass is 243 g/mol. The Morgan fingerprint density at radius 1 is 1.44 bits per heavy atom. The van der Waals surface area contributed by atoms with Gasteiger partial charge in [0.2, 0.25) is 0 Å². The molecule has 0 saturated carbocycles. The first-order chi connectivity index (χ1) is 7.49. The molecule has 0 atom stereocenters. The molecule has 4 nitrogen and oxygen atoms in total. The number of ether oxygens (including phenoxy) is 1. The lowest BCUT2D eigenvalue weighted by Gasteiger charge is -2.13. The maximum absolute atomic E-state index is 11.5. The molecule has 0 aromatic carbocycles. The van der Waals surface area contributed by atoms with Crippen LogP contribution in [-0.4, -0.2) is 18.8 Å². The van der Waals surface area contributed by atoms with Crippen LogP contribution in [0.5, 0.6) is 0 Å². The zero-order chi connectivity index (χ0) is 12.7. The smallest absolute Gasteiger partial charge is 0.342 e. The van der Waals surface area contributed by atoms with Gasteiger partial charge in [-0.25, -0.2) is 4.79 Å². The van der Waals surface area contributed by atoms with E-state index in [4.69, 9.17) is 10.7 Å². The van der Waals surface area contributed by atoms with E-state index in [-0.39, 0.29) is 11.3 Å². The number of esters is 1. The lowest BCUT2D eigenvalue weighted by molar-refractivity contribution is -0.136. The second-order valence-electron chi connectivity index (χ2n) is 2.95. The fourth-order valence-electron chi connectivity index (χ4n) is 1.07. The van der Waals surface area contributed by atoms with Crippen molar-refractivity contribution >= 4 is 17.7 Å². The van der Waals surface area contributed by atoms with E-state index < -0.39 is 5.97 Å². The largest absolute Gasteiger partial charge is 0.465 e. The summed E-state index contributed by atoms with van der Waals surface area (Å²) in [6.07, 6.45) is 0. The highest BCUT2D eigenvalue weighted by Crippen LogP contribution is 2.27. The van der Waals surface area contributed by atoms with Crippen LogP contribution in [0.15, 0.2) is 35.0 Å². The van der Waals surface area contributed by atoms with Crippen molar-refractivity contribution in [3.05, 3.63) is 35.0 Å². The molecular formula is C11H17NO3S. The van der Waals surface area contributed by atoms with Gasteiger partial charge in [0.15, 0.2) is 5.76 Å². The average Bonchev–Trinajstić information content (AvgIpc) is 2.24. The summed E-state index contributed by atoms with van der Waals surface area (Å²) < 4.78 is 4.64. The molecule has 0 aliphatic rings. The molecule has 0 aliphatic carbocycles. The molecule has 0 aromatic heterocycles. The Balaban J connectivity index is 5.41. The van der Waals surface area contributed by atoms with Gasteiger partial charge in [-0.1, -0.05) is 20.1 Å². The number of methoxy groups -OCH3 is 1. The van der Waals surface area contributed by atoms with Crippen LogP contribution in [0.25, 0.3) is 0 Å². The van der Waals surface area contributed by atoms with Gasteiger partial charge in [-0.3, -0.25) is 0 Å². The second kappa shape index (κ2) is 7.14. The van der Waals surface area contributed by atoms with Crippen LogP contribution in [0.1, 0.15) is 13.8 Å². The maximum atomic E-state index is 11.5. The first-order valence-electron chi connectivity index (χ1n) is 4.66. The standard InChI is InChI=1S/C11H17NO3S/c1-6-16-8(4)10(15-12)9(7(2)3)11(13)14-5/h2,4,6,12H2,1,3,5H3/b10-9+. The highest BCUT2D eigenvalue weighted by Gasteiger charge is 2.20. The molecule has 0 fully saturated rings. The number of hydrogen-bond donors (Lipinski definition) is 1. The van der Waals surface area contributed by atoms with E-state index >= 15 is 0 Å². The maximum Gasteiger partial charge on any atom is 0.342 e. The van der Waals surface area contributed by atoms with Gasteiger partial charge in [0.25, 0.3) is 0 Å². The van der Waals surface area contributed by atoms with Crippen LogP contribution in [-0.2, 0) is 14.4 Å². The number of nitrogens with two attached hydrogens (primary N) is 1. The van der Waals surface area contributed by atoms with E-state index in [1.54, 1.807) is 6.92 Å². The topological polar surface area (TPSA) is 61.5 Å². The molecule has 0 aliphatic heterocycles. The summed E-state index contributed by atoms with van der Waals surface area (Å²) in [5.41, 5.74) is 0.737. The van der Waals surface area contributed by atoms with Crippen LogP contribution < -0.4 is 5.90 Å². The van der Waals surface area contributed by atoms with Crippen molar-refractivity contribution in [1.29, 1.82) is 0 Å². The number of thioether (sulfide) groups is 1. The van der Waals surface area contributed by atoms with Gasteiger partial charge in [-0.05, 0) is 18.2 Å². The van der Waals surface area contributed by atoms with Crippen LogP contribution >= 0.6 is 11.8 Å². The van der Waals surface area contributed by atoms with Crippen molar-refractivity contribution in [2.45, 2.75) is 13.8 Å². The van der Waals surface area contributed by atoms with Gasteiger partial charge in [0.1, 0.15) is 5.57 Å². The molecule has 0 bridgehead atoms. The van der Waals surface area contributed by atoms with Crippen molar-refractivity contribution in [2.75, 3.05) is 12.9 Å². The van der Waals surface area contributed by atoms with Crippen molar-refractivity contribution in [1.82, 2.24) is 0 Å². The van der Waals surface area contributed by atoms with E-state index in [1.807, 2.05) is 6.92 Å². The molecule has 0 spiro atoms. The SMILES string of the molecule is C=C(SCC)/C(ON)=C(/C(=C)C)C(=O)OC. The molecule has 0 unspecified atom stereocenters. The lowest BCUT2D eigenvalue weighted by Crippen LogP contribution is -2.13. The normalized spacial score (nSPS) is 11.5. The van der Waals surface area contributed by atoms with E-state index in [1.165, 1.54) is 18.9 Å². The minimum atomic E-state index is -0.536. The first-order valence-corrected chi connectivity index (χ1v) is 5.65. The van der Waals surface area contributed by atoms with Gasteiger partial charge >= 0.3 is 5.97 Å². The molecule has 2 N–H and O–H groups in total. The third-order valence-electron chi connectivity index (χ3n) is 1.73. The van der Waals surface area contributed by atoms with E-state index in [9.17, 15) is 4.79 Å². The zero-order valence-electron chi connectivity index (χ0n) is 9.83. The van der Waals surface area contributed by atoms with Gasteiger partial charge in [-0.15, -0.1) is 11.8 Å². The third-order valence-corrected chi connectivity index (χ3v) is 2.56. The Kier molecular flexibility index (Phi) is 6.60. The van der Waals surface area contributed by atoms with Crippen molar-refractivity contribution in [3.8, 4) is 0 Å². The predicted molar refractivity (Wildman–Crippen MR) is 66.4 cm³/mol. The van der Waals surface area contributed by atoms with E-state index in [2.05, 4.69) is 17.9 Å². The first kappa shape index (κ1) is 14.8. The van der Waals surface area contributed by atoms with E-state index in [0.29, 0.717) is 10.5 Å². The van der Waals surface area contributed by atoms with Crippen molar-refractivity contribution < 1.29 is 14.4 Å². The molecule has 0 saturated heterocycles. The third kappa shape index (κ3) is 3.75. The van der Waals surface area contributed by atoms with Gasteiger partial charge in [0, 0.05) is 4.91 Å². The predicted octanol–water partition coefficient (Wildman–Crippen LogP) is 2.15. The Morgan fingerprint density at radius 3 is 2.31 bits per heavy atom.